The van der Waals surface area contributed by atoms with Crippen molar-refractivity contribution in [2.75, 3.05) is 6.61 Å². The van der Waals surface area contributed by atoms with Gasteiger partial charge in [-0.15, -0.1) is 0 Å². The Labute approximate surface area is 198 Å². The number of carbonyl (C=O) groups excluding carboxylic acids is 3. The van der Waals surface area contributed by atoms with Gasteiger partial charge in [0.1, 0.15) is 0 Å². The van der Waals surface area contributed by atoms with E-state index in [1.54, 1.807) is 43.0 Å². The zero-order valence-corrected chi connectivity index (χ0v) is 19.5. The van der Waals surface area contributed by atoms with E-state index in [-0.39, 0.29) is 37.4 Å². The highest BCUT2D eigenvalue weighted by Crippen LogP contribution is 2.38. The van der Waals surface area contributed by atoms with E-state index in [1.807, 2.05) is 24.3 Å². The third-order valence-corrected chi connectivity index (χ3v) is 6.25. The molecule has 4 rings (SSSR count). The summed E-state index contributed by atoms with van der Waals surface area (Å²) in [5.41, 5.74) is 3.20. The van der Waals surface area contributed by atoms with Gasteiger partial charge in [0.2, 0.25) is 5.91 Å². The van der Waals surface area contributed by atoms with E-state index in [0.717, 1.165) is 24.0 Å². The van der Waals surface area contributed by atoms with Crippen LogP contribution in [0.1, 0.15) is 60.5 Å². The molecule has 0 radical (unpaired) electrons. The molecule has 0 spiro atoms. The van der Waals surface area contributed by atoms with Crippen LogP contribution in [0.3, 0.4) is 0 Å². The number of hydrogen-bond donors (Lipinski definition) is 1. The molecule has 1 N–H and O–H groups in total. The molecular formula is C26H27ClN2O4. The normalized spacial score (nSPS) is 18.3. The summed E-state index contributed by atoms with van der Waals surface area (Å²) in [6.45, 7) is 4.03. The summed E-state index contributed by atoms with van der Waals surface area (Å²) in [7, 11) is 0. The Morgan fingerprint density at radius 1 is 1.15 bits per heavy atom. The summed E-state index contributed by atoms with van der Waals surface area (Å²) in [6.07, 6.45) is 2.16. The Morgan fingerprint density at radius 3 is 2.61 bits per heavy atom. The second kappa shape index (κ2) is 9.79. The fourth-order valence-electron chi connectivity index (χ4n) is 4.17. The molecule has 1 aliphatic carbocycles. The quantitative estimate of drug-likeness (QED) is 0.606. The molecule has 7 heteroatoms. The number of rotatable bonds is 7. The Hall–Kier alpha value is -3.12. The van der Waals surface area contributed by atoms with Crippen LogP contribution in [0.25, 0.3) is 0 Å². The van der Waals surface area contributed by atoms with E-state index in [4.69, 9.17) is 16.3 Å². The molecule has 2 aromatic carbocycles. The molecule has 6 nitrogen and oxygen atoms in total. The maximum Gasteiger partial charge on any atom is 0.336 e. The average molecular weight is 467 g/mol. The molecule has 0 saturated heterocycles. The number of benzene rings is 2. The third kappa shape index (κ3) is 5.28. The zero-order valence-electron chi connectivity index (χ0n) is 18.8. The van der Waals surface area contributed by atoms with E-state index >= 15 is 0 Å². The number of carbonyl (C=O) groups is 3. The van der Waals surface area contributed by atoms with Crippen LogP contribution in [0.15, 0.2) is 59.8 Å². The predicted octanol–water partition coefficient (Wildman–Crippen LogP) is 4.59. The van der Waals surface area contributed by atoms with Crippen molar-refractivity contribution in [3.63, 3.8) is 0 Å². The topological polar surface area (TPSA) is 75.7 Å². The van der Waals surface area contributed by atoms with Crippen LogP contribution < -0.4 is 5.32 Å². The second-order valence-electron chi connectivity index (χ2n) is 8.46. The first kappa shape index (κ1) is 23.1. The molecule has 2 aliphatic rings. The van der Waals surface area contributed by atoms with Gasteiger partial charge in [0.25, 0.3) is 5.91 Å². The summed E-state index contributed by atoms with van der Waals surface area (Å²) < 4.78 is 5.34. The van der Waals surface area contributed by atoms with E-state index in [2.05, 4.69) is 5.32 Å². The summed E-state index contributed by atoms with van der Waals surface area (Å²) in [6, 6.07) is 14.7. The van der Waals surface area contributed by atoms with Crippen LogP contribution in [-0.4, -0.2) is 35.3 Å². The molecule has 0 bridgehead atoms. The van der Waals surface area contributed by atoms with Crippen molar-refractivity contribution in [2.45, 2.75) is 51.6 Å². The molecule has 0 aromatic heterocycles. The number of ether oxygens (including phenoxy) is 1. The molecule has 2 amide bonds. The van der Waals surface area contributed by atoms with Crippen LogP contribution in [0.5, 0.6) is 0 Å². The molecule has 1 fully saturated rings. The van der Waals surface area contributed by atoms with Crippen molar-refractivity contribution in [1.29, 1.82) is 0 Å². The highest BCUT2D eigenvalue weighted by molar-refractivity contribution is 6.30. The van der Waals surface area contributed by atoms with Gasteiger partial charge in [-0.05, 0) is 62.1 Å². The van der Waals surface area contributed by atoms with Gasteiger partial charge in [-0.2, -0.15) is 0 Å². The van der Waals surface area contributed by atoms with Gasteiger partial charge >= 0.3 is 5.97 Å². The van der Waals surface area contributed by atoms with E-state index in [1.165, 1.54) is 0 Å². The molecule has 33 heavy (non-hydrogen) atoms. The molecule has 1 saturated carbocycles. The van der Waals surface area contributed by atoms with Crippen molar-refractivity contribution in [1.82, 2.24) is 10.2 Å². The van der Waals surface area contributed by atoms with E-state index < -0.39 is 11.9 Å². The SMILES string of the molecule is CCOC(=O)C1=C(C)N(Cc2cccc(C(=O)NC3CC3)c2)C(=O)CC1c1cccc(Cl)c1. The van der Waals surface area contributed by atoms with Gasteiger partial charge in [0, 0.05) is 34.7 Å². The van der Waals surface area contributed by atoms with Crippen molar-refractivity contribution in [2.24, 2.45) is 0 Å². The molecule has 172 valence electrons. The minimum absolute atomic E-state index is 0.0987. The van der Waals surface area contributed by atoms with Gasteiger partial charge in [0.05, 0.1) is 18.7 Å². The predicted molar refractivity (Wildman–Crippen MR) is 126 cm³/mol. The Kier molecular flexibility index (Phi) is 6.84. The van der Waals surface area contributed by atoms with Crippen LogP contribution in [-0.2, 0) is 20.9 Å². The van der Waals surface area contributed by atoms with Gasteiger partial charge in [0.15, 0.2) is 0 Å². The number of amides is 2. The largest absolute Gasteiger partial charge is 0.463 e. The summed E-state index contributed by atoms with van der Waals surface area (Å²) in [5.74, 6) is -1.07. The lowest BCUT2D eigenvalue weighted by Gasteiger charge is -2.34. The molecular weight excluding hydrogens is 440 g/mol. The third-order valence-electron chi connectivity index (χ3n) is 6.01. The maximum atomic E-state index is 13.2. The number of nitrogens with zero attached hydrogens (tertiary/aromatic N) is 1. The lowest BCUT2D eigenvalue weighted by molar-refractivity contribution is -0.140. The lowest BCUT2D eigenvalue weighted by Crippen LogP contribution is -2.38. The standard InChI is InChI=1S/C26H27ClN2O4/c1-3-33-26(32)24-16(2)29(23(30)14-22(24)18-7-5-9-20(27)13-18)15-17-6-4-8-19(12-17)25(31)28-21-10-11-21/h4-9,12-13,21-22H,3,10-11,14-15H2,1-2H3,(H,28,31). The molecule has 1 heterocycles. The minimum Gasteiger partial charge on any atom is -0.463 e. The number of allylic oxidation sites excluding steroid dienone is 1. The van der Waals surface area contributed by atoms with Gasteiger partial charge in [-0.25, -0.2) is 4.79 Å². The monoisotopic (exact) mass is 466 g/mol. The van der Waals surface area contributed by atoms with Crippen molar-refractivity contribution in [3.8, 4) is 0 Å². The van der Waals surface area contributed by atoms with Gasteiger partial charge in [-0.1, -0.05) is 35.9 Å². The number of hydrogen-bond acceptors (Lipinski definition) is 4. The van der Waals surface area contributed by atoms with Crippen LogP contribution in [0, 0.1) is 0 Å². The van der Waals surface area contributed by atoms with Crippen molar-refractivity contribution < 1.29 is 19.1 Å². The zero-order chi connectivity index (χ0) is 23.5. The van der Waals surface area contributed by atoms with Crippen LogP contribution in [0.2, 0.25) is 5.02 Å². The van der Waals surface area contributed by atoms with Crippen LogP contribution in [0.4, 0.5) is 0 Å². The Morgan fingerprint density at radius 2 is 1.91 bits per heavy atom. The molecule has 1 aliphatic heterocycles. The maximum absolute atomic E-state index is 13.2. The van der Waals surface area contributed by atoms with Gasteiger partial charge in [-0.3, -0.25) is 9.59 Å². The second-order valence-corrected chi connectivity index (χ2v) is 8.90. The van der Waals surface area contributed by atoms with Gasteiger partial charge < -0.3 is 15.0 Å². The average Bonchev–Trinajstić information content (AvgIpc) is 3.60. The first-order valence-electron chi connectivity index (χ1n) is 11.2. The van der Waals surface area contributed by atoms with Crippen molar-refractivity contribution in [3.05, 3.63) is 81.5 Å². The minimum atomic E-state index is -0.435. The first-order valence-corrected chi connectivity index (χ1v) is 11.6. The van der Waals surface area contributed by atoms with E-state index in [0.29, 0.717) is 21.9 Å². The van der Waals surface area contributed by atoms with Crippen molar-refractivity contribution >= 4 is 29.4 Å². The number of halogens is 1. The first-order chi connectivity index (χ1) is 15.9. The molecule has 1 atom stereocenters. The summed E-state index contributed by atoms with van der Waals surface area (Å²) >= 11 is 6.18. The molecule has 2 aromatic rings. The summed E-state index contributed by atoms with van der Waals surface area (Å²) in [4.78, 5) is 40.2. The Balaban J connectivity index is 1.65. The van der Waals surface area contributed by atoms with E-state index in [9.17, 15) is 14.4 Å². The summed E-state index contributed by atoms with van der Waals surface area (Å²) in [5, 5.41) is 3.53. The Bertz CT molecular complexity index is 1120. The smallest absolute Gasteiger partial charge is 0.336 e. The molecule has 1 unspecified atom stereocenters. The fourth-order valence-corrected chi connectivity index (χ4v) is 4.37. The highest BCUT2D eigenvalue weighted by atomic mass is 35.5. The number of esters is 1. The van der Waals surface area contributed by atoms with Crippen LogP contribution >= 0.6 is 11.6 Å². The highest BCUT2D eigenvalue weighted by Gasteiger charge is 2.37. The fraction of sp³-hybridized carbons (Fsp3) is 0.346. The lowest BCUT2D eigenvalue weighted by atomic mass is 9.83. The number of nitrogens with one attached hydrogen (secondary N) is 1.